The van der Waals surface area contributed by atoms with E-state index in [1.54, 1.807) is 6.07 Å². The summed E-state index contributed by atoms with van der Waals surface area (Å²) in [4.78, 5) is 13.2. The highest BCUT2D eigenvalue weighted by Gasteiger charge is 2.25. The number of anilines is 1. The molecular weight excluding hydrogens is 263 g/mol. The number of para-hydroxylation sites is 1. The van der Waals surface area contributed by atoms with Crippen molar-refractivity contribution in [2.45, 2.75) is 13.2 Å². The van der Waals surface area contributed by atoms with Crippen molar-refractivity contribution >= 4 is 13.9 Å². The monoisotopic (exact) mass is 277 g/mol. The molecule has 2 aromatic rings. The van der Waals surface area contributed by atoms with Crippen LogP contribution in [-0.4, -0.2) is 9.88 Å². The molecule has 0 aliphatic carbocycles. The molecule has 1 aromatic carbocycles. The number of nitrogens with one attached hydrogen (secondary N) is 1. The van der Waals surface area contributed by atoms with Gasteiger partial charge < -0.3 is 5.32 Å². The number of nitrogens with zero attached hydrogens (tertiary/aromatic N) is 1. The van der Waals surface area contributed by atoms with E-state index in [1.165, 1.54) is 0 Å². The third-order valence-electron chi connectivity index (χ3n) is 2.45. The molecule has 0 aliphatic heterocycles. The molecule has 2 rings (SSSR count). The van der Waals surface area contributed by atoms with Crippen molar-refractivity contribution in [3.8, 4) is 0 Å². The van der Waals surface area contributed by atoms with Gasteiger partial charge >= 0.3 is 8.25 Å². The molecular formula is C13H14N2O3P+. The summed E-state index contributed by atoms with van der Waals surface area (Å²) in [6, 6.07) is 14.7. The van der Waals surface area contributed by atoms with Gasteiger partial charge in [0.15, 0.2) is 0 Å². The van der Waals surface area contributed by atoms with Gasteiger partial charge in [0.2, 0.25) is 6.23 Å². The number of aryl methyl sites for hydroxylation is 1. The van der Waals surface area contributed by atoms with Crippen LogP contribution in [0.2, 0.25) is 0 Å². The molecule has 1 heterocycles. The highest BCUT2D eigenvalue weighted by molar-refractivity contribution is 7.32. The largest absolute Gasteiger partial charge is 0.697 e. The van der Waals surface area contributed by atoms with Gasteiger partial charge in [0.05, 0.1) is 5.69 Å². The Kier molecular flexibility index (Phi) is 4.58. The van der Waals surface area contributed by atoms with Crippen LogP contribution >= 0.6 is 8.25 Å². The zero-order valence-corrected chi connectivity index (χ0v) is 11.2. The normalized spacial score (nSPS) is 12.8. The average molecular weight is 277 g/mol. The summed E-state index contributed by atoms with van der Waals surface area (Å²) in [5, 5.41) is 3.03. The predicted molar refractivity (Wildman–Crippen MR) is 72.7 cm³/mol. The van der Waals surface area contributed by atoms with Crippen molar-refractivity contribution in [3.05, 3.63) is 59.9 Å². The molecule has 2 atom stereocenters. The van der Waals surface area contributed by atoms with Gasteiger partial charge in [-0.3, -0.25) is 4.98 Å². The lowest BCUT2D eigenvalue weighted by Crippen LogP contribution is -2.13. The number of hydrogen-bond donors (Lipinski definition) is 2. The first-order chi connectivity index (χ1) is 9.15. The summed E-state index contributed by atoms with van der Waals surface area (Å²) in [5.41, 5.74) is 2.16. The van der Waals surface area contributed by atoms with Crippen molar-refractivity contribution in [2.24, 2.45) is 0 Å². The zero-order valence-electron chi connectivity index (χ0n) is 10.4. The predicted octanol–water partition coefficient (Wildman–Crippen LogP) is 3.17. The molecule has 0 aliphatic rings. The van der Waals surface area contributed by atoms with Crippen molar-refractivity contribution in [2.75, 3.05) is 5.32 Å². The van der Waals surface area contributed by atoms with Gasteiger partial charge in [0, 0.05) is 15.9 Å². The lowest BCUT2D eigenvalue weighted by molar-refractivity contribution is 0.212. The topological polar surface area (TPSA) is 71.5 Å². The molecule has 0 saturated carbocycles. The van der Waals surface area contributed by atoms with Crippen LogP contribution in [0.5, 0.6) is 0 Å². The quantitative estimate of drug-likeness (QED) is 0.648. The lowest BCUT2D eigenvalue weighted by atomic mass is 10.2. The van der Waals surface area contributed by atoms with Crippen molar-refractivity contribution < 1.29 is 14.0 Å². The van der Waals surface area contributed by atoms with Gasteiger partial charge in [-0.25, -0.2) is 0 Å². The second-order valence-corrected chi connectivity index (χ2v) is 4.62. The van der Waals surface area contributed by atoms with Crippen LogP contribution in [0.3, 0.4) is 0 Å². The molecule has 1 aromatic heterocycles. The maximum absolute atomic E-state index is 10.9. The number of pyridine rings is 1. The van der Waals surface area contributed by atoms with Crippen LogP contribution in [0.4, 0.5) is 5.69 Å². The fourth-order valence-corrected chi connectivity index (χ4v) is 1.98. The van der Waals surface area contributed by atoms with Gasteiger partial charge in [-0.1, -0.05) is 28.8 Å². The van der Waals surface area contributed by atoms with E-state index >= 15 is 0 Å². The molecule has 0 spiro atoms. The van der Waals surface area contributed by atoms with Gasteiger partial charge in [-0.2, -0.15) is 0 Å². The van der Waals surface area contributed by atoms with Gasteiger partial charge in [0.1, 0.15) is 0 Å². The standard InChI is InChI=1S/C13H13N2O3P/c1-10-6-5-9-12(14-10)13(18-19(16)17)15-11-7-3-2-4-8-11/h2-9,13,15H,1H3/p+1. The Morgan fingerprint density at radius 1 is 1.21 bits per heavy atom. The summed E-state index contributed by atoms with van der Waals surface area (Å²) in [5.74, 6) is 0. The van der Waals surface area contributed by atoms with Crippen LogP contribution in [0.25, 0.3) is 0 Å². The van der Waals surface area contributed by atoms with E-state index in [1.807, 2.05) is 49.4 Å². The molecule has 5 nitrogen and oxygen atoms in total. The first-order valence-corrected chi connectivity index (χ1v) is 6.86. The smallest absolute Gasteiger partial charge is 0.351 e. The Hall–Kier alpha value is -1.81. The Balaban J connectivity index is 2.23. The Labute approximate surface area is 112 Å². The Morgan fingerprint density at radius 3 is 2.58 bits per heavy atom. The van der Waals surface area contributed by atoms with E-state index in [0.717, 1.165) is 11.4 Å². The lowest BCUT2D eigenvalue weighted by Gasteiger charge is -2.13. The molecule has 98 valence electrons. The van der Waals surface area contributed by atoms with Crippen LogP contribution in [0.1, 0.15) is 17.6 Å². The molecule has 6 heteroatoms. The number of rotatable bonds is 5. The molecule has 19 heavy (non-hydrogen) atoms. The molecule has 0 amide bonds. The Morgan fingerprint density at radius 2 is 1.95 bits per heavy atom. The third-order valence-corrected chi connectivity index (χ3v) is 2.84. The summed E-state index contributed by atoms with van der Waals surface area (Å²) >= 11 is 0. The van der Waals surface area contributed by atoms with E-state index in [4.69, 9.17) is 9.42 Å². The van der Waals surface area contributed by atoms with Crippen LogP contribution in [-0.2, 0) is 9.09 Å². The second-order valence-electron chi connectivity index (χ2n) is 3.94. The van der Waals surface area contributed by atoms with E-state index in [0.29, 0.717) is 5.69 Å². The van der Waals surface area contributed by atoms with Gasteiger partial charge in [0.25, 0.3) is 0 Å². The minimum absolute atomic E-state index is 0.557. The summed E-state index contributed by atoms with van der Waals surface area (Å²) < 4.78 is 15.9. The minimum Gasteiger partial charge on any atom is -0.351 e. The third kappa shape index (κ3) is 4.10. The molecule has 2 N–H and O–H groups in total. The molecule has 2 unspecified atom stereocenters. The first-order valence-electron chi connectivity index (χ1n) is 5.73. The molecule has 0 bridgehead atoms. The van der Waals surface area contributed by atoms with Crippen molar-refractivity contribution in [1.29, 1.82) is 0 Å². The Bertz CT molecular complexity index is 563. The second kappa shape index (κ2) is 6.38. The maximum Gasteiger partial charge on any atom is 0.697 e. The highest BCUT2D eigenvalue weighted by Crippen LogP contribution is 2.29. The number of hydrogen-bond acceptors (Lipinski definition) is 4. The fraction of sp³-hybridized carbons (Fsp3) is 0.154. The van der Waals surface area contributed by atoms with E-state index < -0.39 is 14.5 Å². The maximum atomic E-state index is 10.9. The molecule has 0 radical (unpaired) electrons. The molecule has 0 fully saturated rings. The van der Waals surface area contributed by atoms with Gasteiger partial charge in [-0.15, -0.1) is 4.89 Å². The minimum atomic E-state index is -2.72. The first kappa shape index (κ1) is 13.6. The number of benzene rings is 1. The van der Waals surface area contributed by atoms with Crippen LogP contribution in [0, 0.1) is 6.92 Å². The van der Waals surface area contributed by atoms with Gasteiger partial charge in [-0.05, 0) is 31.2 Å². The van der Waals surface area contributed by atoms with Crippen LogP contribution in [0.15, 0.2) is 48.5 Å². The summed E-state index contributed by atoms with van der Waals surface area (Å²) in [6.45, 7) is 1.85. The summed E-state index contributed by atoms with van der Waals surface area (Å²) in [6.07, 6.45) is -0.768. The van der Waals surface area contributed by atoms with E-state index in [2.05, 4.69) is 10.3 Å². The van der Waals surface area contributed by atoms with Crippen molar-refractivity contribution in [1.82, 2.24) is 4.98 Å². The molecule has 0 saturated heterocycles. The van der Waals surface area contributed by atoms with Crippen molar-refractivity contribution in [3.63, 3.8) is 0 Å². The average Bonchev–Trinajstić information content (AvgIpc) is 2.39. The fourth-order valence-electron chi connectivity index (χ4n) is 1.64. The van der Waals surface area contributed by atoms with Crippen LogP contribution < -0.4 is 5.32 Å². The SMILES string of the molecule is Cc1cccc(C(Nc2ccccc2)O[P+](=O)O)n1. The zero-order chi connectivity index (χ0) is 13.7. The summed E-state index contributed by atoms with van der Waals surface area (Å²) in [7, 11) is -2.72. The van der Waals surface area contributed by atoms with E-state index in [9.17, 15) is 4.57 Å². The number of aromatic nitrogens is 1. The van der Waals surface area contributed by atoms with E-state index in [-0.39, 0.29) is 0 Å². The highest BCUT2D eigenvalue weighted by atomic mass is 31.1.